The van der Waals surface area contributed by atoms with Crippen molar-refractivity contribution in [3.63, 3.8) is 0 Å². The number of nitrogens with zero attached hydrogens (tertiary/aromatic N) is 2. The Hall–Kier alpha value is -0.200. The van der Waals surface area contributed by atoms with Crippen molar-refractivity contribution in [2.24, 2.45) is 11.8 Å². The zero-order valence-electron chi connectivity index (χ0n) is 15.2. The molecular weight excluding hydrogens is 439 g/mol. The zero-order valence-corrected chi connectivity index (χ0v) is 19.0. The molecule has 0 N–H and O–H groups in total. The molecule has 0 saturated carbocycles. The van der Waals surface area contributed by atoms with Gasteiger partial charge in [-0.3, -0.25) is 4.79 Å². The van der Waals surface area contributed by atoms with E-state index in [-0.39, 0.29) is 23.8 Å². The second-order valence-electron chi connectivity index (χ2n) is 6.21. The quantitative estimate of drug-likeness (QED) is 0.190. The van der Waals surface area contributed by atoms with Crippen LogP contribution in [0.15, 0.2) is 23.4 Å². The fourth-order valence-electron chi connectivity index (χ4n) is 2.28. The summed E-state index contributed by atoms with van der Waals surface area (Å²) in [6.45, 7) is 3.84. The third-order valence-corrected chi connectivity index (χ3v) is 6.67. The lowest BCUT2D eigenvalue weighted by atomic mass is 10.0. The van der Waals surface area contributed by atoms with E-state index in [0.717, 1.165) is 5.01 Å². The van der Waals surface area contributed by atoms with E-state index in [1.165, 1.54) is 24.5 Å². The van der Waals surface area contributed by atoms with Crippen molar-refractivity contribution in [3.05, 3.63) is 28.4 Å². The van der Waals surface area contributed by atoms with Gasteiger partial charge in [0.05, 0.1) is 13.2 Å². The Bertz CT molecular complexity index is 581. The van der Waals surface area contributed by atoms with Crippen LogP contribution in [0.2, 0.25) is 0 Å². The lowest BCUT2D eigenvalue weighted by Crippen LogP contribution is -2.32. The number of carbonyl (C=O) groups is 1. The van der Waals surface area contributed by atoms with Crippen molar-refractivity contribution >= 4 is 63.6 Å². The van der Waals surface area contributed by atoms with Crippen molar-refractivity contribution in [3.8, 4) is 0 Å². The topological polar surface area (TPSA) is 42.4 Å². The molecule has 0 aromatic carbocycles. The number of carbonyl (C=O) groups excluding carboxylic acids is 1. The molecule has 0 spiro atoms. The minimum atomic E-state index is -0.533. The molecule has 9 heteroatoms. The summed E-state index contributed by atoms with van der Waals surface area (Å²) < 4.78 is 5.32. The van der Waals surface area contributed by atoms with Gasteiger partial charge in [-0.05, 0) is 18.3 Å². The third-order valence-electron chi connectivity index (χ3n) is 4.08. The second-order valence-corrected chi connectivity index (χ2v) is 9.47. The number of hydrogen-bond acceptors (Lipinski definition) is 4. The molecule has 0 radical (unpaired) electrons. The Kier molecular flexibility index (Phi) is 10.6. The van der Waals surface area contributed by atoms with Crippen LogP contribution in [-0.4, -0.2) is 39.6 Å². The number of hydrogen-bond donors (Lipinski definition) is 0. The fraction of sp³-hybridized carbons (Fsp3) is 0.647. The Morgan fingerprint density at radius 2 is 1.88 bits per heavy atom. The Morgan fingerprint density at radius 1 is 1.27 bits per heavy atom. The van der Waals surface area contributed by atoms with E-state index in [1.54, 1.807) is 18.1 Å². The number of thiazole rings is 1. The molecule has 1 aromatic heterocycles. The molecule has 0 fully saturated rings. The maximum Gasteiger partial charge on any atom is 0.250 e. The van der Waals surface area contributed by atoms with E-state index in [1.807, 2.05) is 19.2 Å². The third kappa shape index (κ3) is 7.43. The molecule has 0 aliphatic carbocycles. The van der Waals surface area contributed by atoms with Crippen LogP contribution < -0.4 is 0 Å². The van der Waals surface area contributed by atoms with Gasteiger partial charge in [-0.25, -0.2) is 4.98 Å². The summed E-state index contributed by atoms with van der Waals surface area (Å²) in [6.07, 6.45) is 4.26. The molecular formula is C17H24Cl4N2O2S. The minimum Gasteiger partial charge on any atom is -0.501 e. The van der Waals surface area contributed by atoms with E-state index >= 15 is 0 Å². The van der Waals surface area contributed by atoms with Gasteiger partial charge in [0, 0.05) is 31.1 Å². The van der Waals surface area contributed by atoms with Gasteiger partial charge in [0.15, 0.2) is 0 Å². The fourth-order valence-corrected chi connectivity index (χ4v) is 3.46. The van der Waals surface area contributed by atoms with Crippen molar-refractivity contribution < 1.29 is 9.53 Å². The molecule has 4 nitrogen and oxygen atoms in total. The summed E-state index contributed by atoms with van der Waals surface area (Å²) in [6, 6.07) is -0.224. The standard InChI is InChI=1S/C17H24Cl4N2O2S/c1-10(15(18)19)7-12(25-4)9-14(24)23(3)13(8-11(2)16(20)21)17-22-5-6-26-17/h5-6,9-11,13,15-16H,7-8H2,1-4H3/b12-9+/t10?,11?,13-/m0/s1/i14+1. The predicted octanol–water partition coefficient (Wildman–Crippen LogP) is 5.83. The molecule has 1 aromatic rings. The summed E-state index contributed by atoms with van der Waals surface area (Å²) in [4.78, 5) is 17.7. The first-order valence-corrected chi connectivity index (χ1v) is 10.8. The Morgan fingerprint density at radius 3 is 2.35 bits per heavy atom. The van der Waals surface area contributed by atoms with E-state index < -0.39 is 9.67 Å². The van der Waals surface area contributed by atoms with Crippen LogP contribution in [0, 0.1) is 11.8 Å². The van der Waals surface area contributed by atoms with Crippen molar-refractivity contribution in [1.82, 2.24) is 9.88 Å². The van der Waals surface area contributed by atoms with Crippen LogP contribution in [0.4, 0.5) is 0 Å². The Labute approximate surface area is 179 Å². The maximum absolute atomic E-state index is 12.8. The molecule has 0 bridgehead atoms. The molecule has 1 amide bonds. The largest absolute Gasteiger partial charge is 0.501 e. The molecule has 26 heavy (non-hydrogen) atoms. The molecule has 3 atom stereocenters. The number of ether oxygens (including phenoxy) is 1. The molecule has 1 heterocycles. The average molecular weight is 463 g/mol. The Balaban J connectivity index is 2.96. The molecule has 148 valence electrons. The molecule has 0 aliphatic heterocycles. The highest BCUT2D eigenvalue weighted by Crippen LogP contribution is 2.32. The van der Waals surface area contributed by atoms with Gasteiger partial charge in [0.25, 0.3) is 0 Å². The van der Waals surface area contributed by atoms with Gasteiger partial charge in [-0.15, -0.1) is 57.7 Å². The SMILES string of the molecule is CO/C(=C/[13C](=O)N(C)[C@@H](CC(C)C(Cl)Cl)c1nccs1)CC(C)C(Cl)Cl. The normalized spacial score (nSPS) is 15.8. The molecule has 1 rings (SSSR count). The summed E-state index contributed by atoms with van der Waals surface area (Å²) in [7, 11) is 3.26. The van der Waals surface area contributed by atoms with E-state index in [4.69, 9.17) is 51.1 Å². The van der Waals surface area contributed by atoms with Crippen LogP contribution in [-0.2, 0) is 9.53 Å². The predicted molar refractivity (Wildman–Crippen MR) is 111 cm³/mol. The number of rotatable bonds is 10. The van der Waals surface area contributed by atoms with Gasteiger partial charge in [-0.1, -0.05) is 13.8 Å². The van der Waals surface area contributed by atoms with Crippen LogP contribution in [0.25, 0.3) is 0 Å². The zero-order chi connectivity index (χ0) is 19.9. The number of aromatic nitrogens is 1. The lowest BCUT2D eigenvalue weighted by Gasteiger charge is -2.28. The number of amides is 1. The van der Waals surface area contributed by atoms with Crippen molar-refractivity contribution in [1.29, 1.82) is 0 Å². The highest BCUT2D eigenvalue weighted by atomic mass is 35.5. The van der Waals surface area contributed by atoms with Gasteiger partial charge in [-0.2, -0.15) is 0 Å². The summed E-state index contributed by atoms with van der Waals surface area (Å²) >= 11 is 25.3. The van der Waals surface area contributed by atoms with Crippen LogP contribution >= 0.6 is 57.7 Å². The first kappa shape index (κ1) is 23.8. The lowest BCUT2D eigenvalue weighted by molar-refractivity contribution is -0.127. The van der Waals surface area contributed by atoms with Gasteiger partial charge < -0.3 is 9.64 Å². The highest BCUT2D eigenvalue weighted by Gasteiger charge is 2.27. The van der Waals surface area contributed by atoms with Gasteiger partial charge >= 0.3 is 0 Å². The maximum atomic E-state index is 12.8. The smallest absolute Gasteiger partial charge is 0.250 e. The summed E-state index contributed by atoms with van der Waals surface area (Å²) in [5, 5.41) is 2.72. The van der Waals surface area contributed by atoms with Crippen molar-refractivity contribution in [2.45, 2.75) is 42.4 Å². The van der Waals surface area contributed by atoms with Crippen LogP contribution in [0.1, 0.15) is 37.7 Å². The van der Waals surface area contributed by atoms with E-state index in [2.05, 4.69) is 4.98 Å². The number of halogens is 4. The second kappa shape index (κ2) is 11.6. The number of likely N-dealkylation sites (N-methyl/N-ethyl adjacent to an activating group) is 1. The summed E-state index contributed by atoms with van der Waals surface area (Å²) in [5.74, 6) is 0.300. The average Bonchev–Trinajstić information content (AvgIpc) is 3.11. The first-order chi connectivity index (χ1) is 12.2. The van der Waals surface area contributed by atoms with E-state index in [0.29, 0.717) is 18.6 Å². The first-order valence-electron chi connectivity index (χ1n) is 8.14. The van der Waals surface area contributed by atoms with Crippen LogP contribution in [0.3, 0.4) is 0 Å². The summed E-state index contributed by atoms with van der Waals surface area (Å²) in [5.41, 5.74) is 0. The minimum absolute atomic E-state index is 0.00151. The van der Waals surface area contributed by atoms with Gasteiger partial charge in [0.2, 0.25) is 5.91 Å². The number of methoxy groups -OCH3 is 1. The molecule has 2 unspecified atom stereocenters. The molecule has 0 aliphatic rings. The van der Waals surface area contributed by atoms with E-state index in [9.17, 15) is 4.79 Å². The monoisotopic (exact) mass is 461 g/mol. The number of alkyl halides is 4. The van der Waals surface area contributed by atoms with Crippen LogP contribution in [0.5, 0.6) is 0 Å². The van der Waals surface area contributed by atoms with Gasteiger partial charge in [0.1, 0.15) is 20.4 Å². The molecule has 0 saturated heterocycles. The number of allylic oxidation sites excluding steroid dienone is 1. The highest BCUT2D eigenvalue weighted by molar-refractivity contribution is 7.09. The van der Waals surface area contributed by atoms with Crippen molar-refractivity contribution in [2.75, 3.05) is 14.2 Å².